The molecule has 216 valence electrons. The summed E-state index contributed by atoms with van der Waals surface area (Å²) in [6, 6.07) is 0. The molecule has 0 spiro atoms. The summed E-state index contributed by atoms with van der Waals surface area (Å²) in [6.45, 7) is 11.9. The summed E-state index contributed by atoms with van der Waals surface area (Å²) in [4.78, 5) is 37.4. The Balaban J connectivity index is 3.52. The van der Waals surface area contributed by atoms with E-state index in [-0.39, 0.29) is 0 Å². The number of carbonyl (C=O) groups is 3. The van der Waals surface area contributed by atoms with Crippen LogP contribution < -0.4 is 0 Å². The molecule has 0 aliphatic carbocycles. The van der Waals surface area contributed by atoms with Gasteiger partial charge in [0, 0.05) is 0 Å². The molecule has 1 saturated heterocycles. The summed E-state index contributed by atoms with van der Waals surface area (Å²) in [5.41, 5.74) is -9.30. The normalized spacial score (nSPS) is 24.4. The van der Waals surface area contributed by atoms with Crippen LogP contribution in [-0.2, 0) is 47.6 Å². The molecule has 0 aromatic rings. The Labute approximate surface area is 214 Å². The van der Waals surface area contributed by atoms with Gasteiger partial charge in [0.2, 0.25) is 0 Å². The molecule has 1 fully saturated rings. The molecule has 0 radical (unpaired) electrons. The highest BCUT2D eigenvalue weighted by Crippen LogP contribution is 2.35. The number of aliphatic hydroxyl groups is 1. The standard InChI is InChI=1S/C22H35F3O11S/c1-19(2,3)16(27)32-10-11(36-37(30,31)22(23,24)25)12-13(34-17(28)20(4,5)6)14(15(26)33-12)35-18(29)21(7,8)9/h11-15,26H,10H2,1-9H3/t11?,12-,13+,14?,15-/m1/s1. The Morgan fingerprint density at radius 1 is 0.811 bits per heavy atom. The van der Waals surface area contributed by atoms with Crippen LogP contribution in [0.2, 0.25) is 0 Å². The molecule has 37 heavy (non-hydrogen) atoms. The average molecular weight is 565 g/mol. The van der Waals surface area contributed by atoms with Crippen molar-refractivity contribution in [3.8, 4) is 0 Å². The second-order valence-corrected chi connectivity index (χ2v) is 13.2. The van der Waals surface area contributed by atoms with E-state index in [9.17, 15) is 41.1 Å². The van der Waals surface area contributed by atoms with Gasteiger partial charge in [-0.25, -0.2) is 0 Å². The van der Waals surface area contributed by atoms with Gasteiger partial charge < -0.3 is 24.1 Å². The Morgan fingerprint density at radius 3 is 1.59 bits per heavy atom. The molecule has 0 amide bonds. The van der Waals surface area contributed by atoms with Crippen molar-refractivity contribution in [2.24, 2.45) is 16.2 Å². The van der Waals surface area contributed by atoms with Crippen LogP contribution >= 0.6 is 0 Å². The van der Waals surface area contributed by atoms with Crippen LogP contribution in [0.25, 0.3) is 0 Å². The monoisotopic (exact) mass is 564 g/mol. The molecule has 1 aliphatic rings. The van der Waals surface area contributed by atoms with Crippen LogP contribution in [0.5, 0.6) is 0 Å². The number of ether oxygens (including phenoxy) is 4. The highest BCUT2D eigenvalue weighted by molar-refractivity contribution is 7.87. The number of esters is 3. The zero-order valence-electron chi connectivity index (χ0n) is 22.2. The minimum absolute atomic E-state index is 0.892. The van der Waals surface area contributed by atoms with E-state index in [1.165, 1.54) is 62.3 Å². The summed E-state index contributed by atoms with van der Waals surface area (Å²) in [7, 11) is -6.28. The van der Waals surface area contributed by atoms with E-state index in [1.807, 2.05) is 0 Å². The van der Waals surface area contributed by atoms with Crippen LogP contribution in [0.15, 0.2) is 0 Å². The SMILES string of the molecule is CC(C)(C)C(=O)OCC(OS(=O)(=O)C(F)(F)F)[C@H]1O[C@@H](O)C(OC(=O)C(C)(C)C)[C@H]1OC(=O)C(C)(C)C. The van der Waals surface area contributed by atoms with E-state index in [0.29, 0.717) is 0 Å². The van der Waals surface area contributed by atoms with Gasteiger partial charge in [-0.1, -0.05) is 0 Å². The molecule has 0 aromatic heterocycles. The van der Waals surface area contributed by atoms with E-state index in [2.05, 4.69) is 4.18 Å². The molecule has 15 heteroatoms. The molecule has 1 N–H and O–H groups in total. The minimum Gasteiger partial charge on any atom is -0.462 e. The van der Waals surface area contributed by atoms with E-state index in [4.69, 9.17) is 18.9 Å². The molecule has 1 rings (SSSR count). The molecule has 0 saturated carbocycles. The summed E-state index contributed by atoms with van der Waals surface area (Å²) in [5, 5.41) is 10.4. The van der Waals surface area contributed by atoms with Gasteiger partial charge in [0.1, 0.15) is 18.8 Å². The van der Waals surface area contributed by atoms with Gasteiger partial charge in [-0.15, -0.1) is 0 Å². The lowest BCUT2D eigenvalue weighted by Crippen LogP contribution is -2.50. The van der Waals surface area contributed by atoms with Crippen molar-refractivity contribution in [2.45, 2.75) is 98.5 Å². The fourth-order valence-corrected chi connectivity index (χ4v) is 3.19. The average Bonchev–Trinajstić information content (AvgIpc) is 2.97. The van der Waals surface area contributed by atoms with Crippen molar-refractivity contribution < 1.29 is 64.2 Å². The molecule has 11 nitrogen and oxygen atoms in total. The van der Waals surface area contributed by atoms with Crippen LogP contribution in [0.1, 0.15) is 62.3 Å². The highest BCUT2D eigenvalue weighted by Gasteiger charge is 2.57. The first-order valence-corrected chi connectivity index (χ1v) is 12.6. The van der Waals surface area contributed by atoms with Crippen molar-refractivity contribution in [3.05, 3.63) is 0 Å². The van der Waals surface area contributed by atoms with Gasteiger partial charge in [-0.05, 0) is 62.3 Å². The molecule has 1 heterocycles. The largest absolute Gasteiger partial charge is 0.523 e. The lowest BCUT2D eigenvalue weighted by atomic mass is 9.96. The van der Waals surface area contributed by atoms with Gasteiger partial charge >= 0.3 is 33.5 Å². The van der Waals surface area contributed by atoms with E-state index in [1.54, 1.807) is 0 Å². The van der Waals surface area contributed by atoms with Crippen molar-refractivity contribution >= 4 is 28.0 Å². The van der Waals surface area contributed by atoms with E-state index >= 15 is 0 Å². The first kappa shape index (κ1) is 33.1. The molecule has 1 aliphatic heterocycles. The summed E-state index contributed by atoms with van der Waals surface area (Å²) >= 11 is 0. The maximum Gasteiger partial charge on any atom is 0.523 e. The first-order valence-electron chi connectivity index (χ1n) is 11.2. The predicted molar refractivity (Wildman–Crippen MR) is 120 cm³/mol. The van der Waals surface area contributed by atoms with Crippen molar-refractivity contribution in [3.63, 3.8) is 0 Å². The Bertz CT molecular complexity index is 956. The first-order chi connectivity index (χ1) is 16.3. The number of aliphatic hydroxyl groups excluding tert-OH is 1. The number of alkyl halides is 3. The fourth-order valence-electron chi connectivity index (χ4n) is 2.59. The topological polar surface area (TPSA) is 152 Å². The van der Waals surface area contributed by atoms with E-state index in [0.717, 1.165) is 0 Å². The second-order valence-electron chi connectivity index (χ2n) is 11.6. The van der Waals surface area contributed by atoms with Gasteiger partial charge in [0.25, 0.3) is 0 Å². The van der Waals surface area contributed by atoms with Gasteiger partial charge in [0.05, 0.1) is 16.2 Å². The maximum absolute atomic E-state index is 13.1. The molecule has 0 aromatic carbocycles. The zero-order chi connectivity index (χ0) is 29.4. The molecule has 5 atom stereocenters. The van der Waals surface area contributed by atoms with Crippen LogP contribution in [0.3, 0.4) is 0 Å². The fraction of sp³-hybridized carbons (Fsp3) is 0.864. The second kappa shape index (κ2) is 11.0. The van der Waals surface area contributed by atoms with Crippen LogP contribution in [0.4, 0.5) is 13.2 Å². The number of hydrogen-bond acceptors (Lipinski definition) is 11. The zero-order valence-corrected chi connectivity index (χ0v) is 23.0. The van der Waals surface area contributed by atoms with Crippen molar-refractivity contribution in [1.82, 2.24) is 0 Å². The Morgan fingerprint density at radius 2 is 1.22 bits per heavy atom. The Hall–Kier alpha value is -1.97. The smallest absolute Gasteiger partial charge is 0.462 e. The summed E-state index contributed by atoms with van der Waals surface area (Å²) in [6.07, 6.45) is -9.91. The number of rotatable bonds is 7. The number of carbonyl (C=O) groups excluding carboxylic acids is 3. The van der Waals surface area contributed by atoms with E-state index < -0.39 is 87.1 Å². The third-order valence-electron chi connectivity index (χ3n) is 4.83. The van der Waals surface area contributed by atoms with Gasteiger partial charge in [-0.2, -0.15) is 21.6 Å². The molecule has 2 unspecified atom stereocenters. The third kappa shape index (κ3) is 8.79. The van der Waals surface area contributed by atoms with Crippen LogP contribution in [0, 0.1) is 16.2 Å². The molecular weight excluding hydrogens is 529 g/mol. The van der Waals surface area contributed by atoms with Crippen molar-refractivity contribution in [1.29, 1.82) is 0 Å². The number of hydrogen-bond donors (Lipinski definition) is 1. The lowest BCUT2D eigenvalue weighted by Gasteiger charge is -2.31. The van der Waals surface area contributed by atoms with Crippen molar-refractivity contribution in [2.75, 3.05) is 6.61 Å². The Kier molecular flexibility index (Phi) is 9.85. The maximum atomic E-state index is 13.1. The molecule has 0 bridgehead atoms. The predicted octanol–water partition coefficient (Wildman–Crippen LogP) is 2.44. The highest BCUT2D eigenvalue weighted by atomic mass is 32.2. The summed E-state index contributed by atoms with van der Waals surface area (Å²) in [5.74, 6) is -2.76. The lowest BCUT2D eigenvalue weighted by molar-refractivity contribution is -0.185. The third-order valence-corrected chi connectivity index (χ3v) is 5.89. The number of halogens is 3. The summed E-state index contributed by atoms with van der Waals surface area (Å²) < 4.78 is 88.1. The van der Waals surface area contributed by atoms with Gasteiger partial charge in [-0.3, -0.25) is 18.6 Å². The molecular formula is C22H35F3O11S. The van der Waals surface area contributed by atoms with Gasteiger partial charge in [0.15, 0.2) is 18.5 Å². The van der Waals surface area contributed by atoms with Crippen LogP contribution in [-0.4, -0.2) is 74.3 Å². The minimum atomic E-state index is -6.28. The quantitative estimate of drug-likeness (QED) is 0.210.